The van der Waals surface area contributed by atoms with E-state index in [2.05, 4.69) is 4.99 Å². The fraction of sp³-hybridized carbons (Fsp3) is 0.875. The molecule has 13 heavy (non-hydrogen) atoms. The Balaban J connectivity index is 2.78. The number of rotatable bonds is 1. The molecule has 1 heterocycles. The maximum absolute atomic E-state index is 11.7. The van der Waals surface area contributed by atoms with Crippen LogP contribution >= 0.6 is 11.8 Å². The highest BCUT2D eigenvalue weighted by Crippen LogP contribution is 2.23. The average molecular weight is 221 g/mol. The predicted molar refractivity (Wildman–Crippen MR) is 58.0 cm³/mol. The van der Waals surface area contributed by atoms with Gasteiger partial charge in [-0.05, 0) is 5.41 Å². The van der Waals surface area contributed by atoms with Crippen LogP contribution < -0.4 is 0 Å². The van der Waals surface area contributed by atoms with Gasteiger partial charge < -0.3 is 0 Å². The van der Waals surface area contributed by atoms with Crippen molar-refractivity contribution in [2.75, 3.05) is 18.1 Å². The number of nitrogens with zero attached hydrogens (tertiary/aromatic N) is 1. The molecule has 0 amide bonds. The molecule has 1 aliphatic heterocycles. The van der Waals surface area contributed by atoms with Crippen molar-refractivity contribution in [2.45, 2.75) is 20.8 Å². The van der Waals surface area contributed by atoms with E-state index in [0.717, 1.165) is 5.75 Å². The van der Waals surface area contributed by atoms with Crippen molar-refractivity contribution in [3.63, 3.8) is 0 Å². The second-order valence-corrected chi connectivity index (χ2v) is 7.56. The Hall–Kier alpha value is -0.0300. The molecular formula is C8H15NO2S2. The van der Waals surface area contributed by atoms with Gasteiger partial charge in [0.05, 0.1) is 12.3 Å². The molecule has 0 aliphatic carbocycles. The third kappa shape index (κ3) is 3.31. The highest BCUT2D eigenvalue weighted by molar-refractivity contribution is 8.35. The Morgan fingerprint density at radius 2 is 2.08 bits per heavy atom. The van der Waals surface area contributed by atoms with E-state index in [9.17, 15) is 8.42 Å². The maximum atomic E-state index is 11.7. The Kier molecular flexibility index (Phi) is 3.07. The van der Waals surface area contributed by atoms with Gasteiger partial charge in [0.2, 0.25) is 9.84 Å². The molecule has 0 N–H and O–H groups in total. The smallest absolute Gasteiger partial charge is 0.201 e. The molecular weight excluding hydrogens is 206 g/mol. The van der Waals surface area contributed by atoms with Crippen molar-refractivity contribution in [1.29, 1.82) is 0 Å². The highest BCUT2D eigenvalue weighted by atomic mass is 32.3. The topological polar surface area (TPSA) is 46.5 Å². The molecule has 3 nitrogen and oxygen atoms in total. The van der Waals surface area contributed by atoms with Crippen LogP contribution in [-0.4, -0.2) is 30.8 Å². The minimum absolute atomic E-state index is 0.186. The van der Waals surface area contributed by atoms with Crippen LogP contribution in [0.5, 0.6) is 0 Å². The summed E-state index contributed by atoms with van der Waals surface area (Å²) in [4.78, 5) is 3.98. The Bertz CT molecular complexity index is 312. The van der Waals surface area contributed by atoms with Gasteiger partial charge in [0.15, 0.2) is 4.38 Å². The van der Waals surface area contributed by atoms with Gasteiger partial charge in [-0.3, -0.25) is 4.99 Å². The standard InChI is InChI=1S/C8H15NO2S2/c1-8(2,3)6-13(10,11)7-9-4-5-12-7/h4-6H2,1-3H3. The lowest BCUT2D eigenvalue weighted by atomic mass is 10.0. The number of aliphatic imine (C=N–C) groups is 1. The highest BCUT2D eigenvalue weighted by Gasteiger charge is 2.28. The molecule has 1 aliphatic rings. The molecule has 0 aromatic heterocycles. The zero-order valence-corrected chi connectivity index (χ0v) is 9.83. The largest absolute Gasteiger partial charge is 0.267 e. The molecule has 0 radical (unpaired) electrons. The number of sulfone groups is 1. The average Bonchev–Trinajstić information content (AvgIpc) is 2.29. The molecule has 0 aromatic rings. The third-order valence-corrected chi connectivity index (χ3v) is 5.23. The SMILES string of the molecule is CC(C)(C)CS(=O)(=O)C1=NCCS1. The van der Waals surface area contributed by atoms with Crippen molar-refractivity contribution >= 4 is 26.0 Å². The van der Waals surface area contributed by atoms with E-state index in [1.807, 2.05) is 20.8 Å². The molecule has 0 saturated heterocycles. The summed E-state index contributed by atoms with van der Waals surface area (Å²) in [5.74, 6) is 0.991. The minimum atomic E-state index is -3.10. The minimum Gasteiger partial charge on any atom is -0.267 e. The lowest BCUT2D eigenvalue weighted by Gasteiger charge is -2.17. The van der Waals surface area contributed by atoms with Gasteiger partial charge in [-0.25, -0.2) is 8.42 Å². The first kappa shape index (κ1) is 11.0. The fourth-order valence-corrected chi connectivity index (χ4v) is 4.37. The van der Waals surface area contributed by atoms with E-state index >= 15 is 0 Å². The van der Waals surface area contributed by atoms with E-state index in [0.29, 0.717) is 10.9 Å². The van der Waals surface area contributed by atoms with Crippen molar-refractivity contribution in [3.05, 3.63) is 0 Å². The third-order valence-electron chi connectivity index (χ3n) is 1.45. The molecule has 1 rings (SSSR count). The van der Waals surface area contributed by atoms with Crippen LogP contribution in [0, 0.1) is 5.41 Å². The Morgan fingerprint density at radius 1 is 1.46 bits per heavy atom. The van der Waals surface area contributed by atoms with E-state index in [1.165, 1.54) is 11.8 Å². The second kappa shape index (κ2) is 3.61. The summed E-state index contributed by atoms with van der Waals surface area (Å²) in [6.45, 7) is 6.41. The van der Waals surface area contributed by atoms with E-state index < -0.39 is 9.84 Å². The molecule has 76 valence electrons. The molecule has 0 fully saturated rings. The fourth-order valence-electron chi connectivity index (χ4n) is 1.14. The second-order valence-electron chi connectivity index (χ2n) is 4.32. The van der Waals surface area contributed by atoms with Crippen LogP contribution in [0.15, 0.2) is 4.99 Å². The molecule has 0 aromatic carbocycles. The Labute approximate surface area is 83.9 Å². The normalized spacial score (nSPS) is 18.8. The maximum Gasteiger partial charge on any atom is 0.201 e. The van der Waals surface area contributed by atoms with Gasteiger partial charge in [-0.2, -0.15) is 0 Å². The summed E-state index contributed by atoms with van der Waals surface area (Å²) in [5.41, 5.74) is -0.190. The summed E-state index contributed by atoms with van der Waals surface area (Å²) in [7, 11) is -3.10. The summed E-state index contributed by atoms with van der Waals surface area (Å²) >= 11 is 1.35. The van der Waals surface area contributed by atoms with Crippen LogP contribution in [-0.2, 0) is 9.84 Å². The zero-order chi connectivity index (χ0) is 10.1. The number of thioether (sulfide) groups is 1. The monoisotopic (exact) mass is 221 g/mol. The zero-order valence-electron chi connectivity index (χ0n) is 8.20. The van der Waals surface area contributed by atoms with Gasteiger partial charge in [0.1, 0.15) is 0 Å². The van der Waals surface area contributed by atoms with Crippen LogP contribution in [0.3, 0.4) is 0 Å². The van der Waals surface area contributed by atoms with Crippen molar-refractivity contribution < 1.29 is 8.42 Å². The lowest BCUT2D eigenvalue weighted by molar-refractivity contribution is 0.465. The van der Waals surface area contributed by atoms with Gasteiger partial charge in [0, 0.05) is 5.75 Å². The quantitative estimate of drug-likeness (QED) is 0.675. The first-order chi connectivity index (χ1) is 5.81. The number of hydrogen-bond donors (Lipinski definition) is 0. The van der Waals surface area contributed by atoms with Crippen LogP contribution in [0.2, 0.25) is 0 Å². The molecule has 0 spiro atoms. The number of hydrogen-bond acceptors (Lipinski definition) is 4. The first-order valence-corrected chi connectivity index (χ1v) is 6.85. The Morgan fingerprint density at radius 3 is 2.46 bits per heavy atom. The van der Waals surface area contributed by atoms with Crippen LogP contribution in [0.25, 0.3) is 0 Å². The molecule has 0 atom stereocenters. The van der Waals surface area contributed by atoms with Gasteiger partial charge >= 0.3 is 0 Å². The van der Waals surface area contributed by atoms with Crippen molar-refractivity contribution in [2.24, 2.45) is 10.4 Å². The van der Waals surface area contributed by atoms with Gasteiger partial charge in [-0.15, -0.1) is 0 Å². The first-order valence-electron chi connectivity index (χ1n) is 4.21. The summed E-state index contributed by atoms with van der Waals surface area (Å²) in [6, 6.07) is 0. The van der Waals surface area contributed by atoms with E-state index in [1.54, 1.807) is 0 Å². The molecule has 5 heteroatoms. The van der Waals surface area contributed by atoms with Gasteiger partial charge in [0.25, 0.3) is 0 Å². The van der Waals surface area contributed by atoms with Crippen molar-refractivity contribution in [3.8, 4) is 0 Å². The molecule has 0 bridgehead atoms. The molecule has 0 unspecified atom stereocenters. The summed E-state index contributed by atoms with van der Waals surface area (Å²) in [6.07, 6.45) is 0. The summed E-state index contributed by atoms with van der Waals surface area (Å²) in [5, 5.41) is 0. The van der Waals surface area contributed by atoms with Crippen LogP contribution in [0.4, 0.5) is 0 Å². The van der Waals surface area contributed by atoms with Gasteiger partial charge in [-0.1, -0.05) is 32.5 Å². The lowest BCUT2D eigenvalue weighted by Crippen LogP contribution is -2.24. The summed E-state index contributed by atoms with van der Waals surface area (Å²) < 4.78 is 23.7. The van der Waals surface area contributed by atoms with Crippen molar-refractivity contribution in [1.82, 2.24) is 0 Å². The van der Waals surface area contributed by atoms with Crippen LogP contribution in [0.1, 0.15) is 20.8 Å². The van der Waals surface area contributed by atoms with E-state index in [-0.39, 0.29) is 11.2 Å². The predicted octanol–water partition coefficient (Wildman–Crippen LogP) is 1.55. The van der Waals surface area contributed by atoms with E-state index in [4.69, 9.17) is 0 Å². The molecule has 0 saturated carbocycles.